The van der Waals surface area contributed by atoms with Crippen LogP contribution in [0, 0.1) is 13.8 Å². The molecule has 1 N–H and O–H groups in total. The molecular weight excluding hydrogens is 366 g/mol. The fourth-order valence-corrected chi connectivity index (χ4v) is 3.46. The lowest BCUT2D eigenvalue weighted by Crippen LogP contribution is -2.26. The highest BCUT2D eigenvalue weighted by Gasteiger charge is 2.26. The first kappa shape index (κ1) is 19.2. The number of para-hydroxylation sites is 1. The number of hydrogen-bond donors (Lipinski definition) is 1. The summed E-state index contributed by atoms with van der Waals surface area (Å²) in [5.41, 5.74) is 3.66. The maximum absolute atomic E-state index is 9.87. The minimum atomic E-state index is -0.151. The van der Waals surface area contributed by atoms with Gasteiger partial charge in [-0.15, -0.1) is 0 Å². The number of aliphatic hydroxyl groups is 1. The predicted molar refractivity (Wildman–Crippen MR) is 112 cm³/mol. The van der Waals surface area contributed by atoms with E-state index in [9.17, 15) is 5.11 Å². The van der Waals surface area contributed by atoms with Crippen molar-refractivity contribution in [1.29, 1.82) is 0 Å². The van der Waals surface area contributed by atoms with Gasteiger partial charge in [-0.1, -0.05) is 24.3 Å². The third kappa shape index (κ3) is 4.49. The van der Waals surface area contributed by atoms with Crippen LogP contribution in [0.25, 0.3) is 0 Å². The Morgan fingerprint density at radius 2 is 1.90 bits per heavy atom. The van der Waals surface area contributed by atoms with Crippen molar-refractivity contribution in [3.8, 4) is 17.5 Å². The molecule has 0 spiro atoms. The second-order valence-corrected chi connectivity index (χ2v) is 7.29. The lowest BCUT2D eigenvalue weighted by molar-refractivity contribution is 0.215. The minimum absolute atomic E-state index is 0.0552. The van der Waals surface area contributed by atoms with Gasteiger partial charge in [0.05, 0.1) is 24.5 Å². The number of nitrogens with zero attached hydrogens (tertiary/aromatic N) is 3. The monoisotopic (exact) mass is 391 g/mol. The van der Waals surface area contributed by atoms with Crippen molar-refractivity contribution < 1.29 is 14.6 Å². The van der Waals surface area contributed by atoms with E-state index in [1.54, 1.807) is 0 Å². The Balaban J connectivity index is 1.45. The number of anilines is 1. The van der Waals surface area contributed by atoms with Gasteiger partial charge >= 0.3 is 0 Å². The van der Waals surface area contributed by atoms with Crippen LogP contribution in [0.1, 0.15) is 23.2 Å². The van der Waals surface area contributed by atoms with Gasteiger partial charge < -0.3 is 19.5 Å². The summed E-state index contributed by atoms with van der Waals surface area (Å²) in [5, 5.41) is 9.87. The number of aliphatic hydroxyl groups excluding tert-OH is 1. The molecule has 2 aromatic heterocycles. The molecule has 0 amide bonds. The highest BCUT2D eigenvalue weighted by Crippen LogP contribution is 2.30. The lowest BCUT2D eigenvalue weighted by Gasteiger charge is -2.21. The standard InChI is InChI=1S/C23H25N3O3/c1-16-7-9-22(24-13-16)28-18-11-12-26(14-18)20-8-10-23(25-19(20)15-27)29-21-6-4-3-5-17(21)2/h3-10,13,18,27H,11-12,14-15H2,1-2H3/t18-/m0/s1. The van der Waals surface area contributed by atoms with Crippen LogP contribution in [-0.2, 0) is 6.61 Å². The van der Waals surface area contributed by atoms with E-state index in [1.807, 2.05) is 68.6 Å². The summed E-state index contributed by atoms with van der Waals surface area (Å²) in [6.07, 6.45) is 2.75. The molecule has 0 radical (unpaired) electrons. The van der Waals surface area contributed by atoms with Crippen molar-refractivity contribution in [2.24, 2.45) is 0 Å². The molecule has 1 aliphatic rings. The van der Waals surface area contributed by atoms with Crippen LogP contribution in [0.2, 0.25) is 0 Å². The van der Waals surface area contributed by atoms with Gasteiger partial charge in [-0.25, -0.2) is 9.97 Å². The van der Waals surface area contributed by atoms with E-state index in [1.165, 1.54) is 0 Å². The Hall–Kier alpha value is -3.12. The zero-order valence-corrected chi connectivity index (χ0v) is 16.7. The van der Waals surface area contributed by atoms with Crippen molar-refractivity contribution in [3.05, 3.63) is 71.5 Å². The SMILES string of the molecule is Cc1ccc(O[C@H]2CCN(c3ccc(Oc4ccccc4C)nc3CO)C2)nc1. The van der Waals surface area contributed by atoms with Crippen molar-refractivity contribution in [3.63, 3.8) is 0 Å². The van der Waals surface area contributed by atoms with E-state index in [-0.39, 0.29) is 12.7 Å². The number of benzene rings is 1. The van der Waals surface area contributed by atoms with E-state index in [0.717, 1.165) is 42.1 Å². The Morgan fingerprint density at radius 3 is 2.66 bits per heavy atom. The van der Waals surface area contributed by atoms with Crippen molar-refractivity contribution >= 4 is 5.69 Å². The molecule has 0 unspecified atom stereocenters. The van der Waals surface area contributed by atoms with E-state index in [0.29, 0.717) is 17.5 Å². The van der Waals surface area contributed by atoms with Crippen molar-refractivity contribution in [2.45, 2.75) is 33.0 Å². The maximum atomic E-state index is 9.87. The molecule has 150 valence electrons. The number of rotatable bonds is 6. The van der Waals surface area contributed by atoms with E-state index in [2.05, 4.69) is 14.9 Å². The van der Waals surface area contributed by atoms with Crippen LogP contribution >= 0.6 is 0 Å². The molecule has 1 atom stereocenters. The average Bonchev–Trinajstić information content (AvgIpc) is 3.19. The van der Waals surface area contributed by atoms with Crippen LogP contribution in [0.3, 0.4) is 0 Å². The second-order valence-electron chi connectivity index (χ2n) is 7.29. The quantitative estimate of drug-likeness (QED) is 0.684. The van der Waals surface area contributed by atoms with E-state index in [4.69, 9.17) is 9.47 Å². The number of aromatic nitrogens is 2. The van der Waals surface area contributed by atoms with Gasteiger partial charge in [0, 0.05) is 31.3 Å². The van der Waals surface area contributed by atoms with Crippen LogP contribution in [-0.4, -0.2) is 34.3 Å². The summed E-state index contributed by atoms with van der Waals surface area (Å²) in [6.45, 7) is 5.40. The molecule has 6 nitrogen and oxygen atoms in total. The first-order valence-electron chi connectivity index (χ1n) is 9.81. The molecule has 1 aliphatic heterocycles. The van der Waals surface area contributed by atoms with Crippen molar-refractivity contribution in [2.75, 3.05) is 18.0 Å². The zero-order valence-electron chi connectivity index (χ0n) is 16.7. The Labute approximate surface area is 170 Å². The third-order valence-corrected chi connectivity index (χ3v) is 5.04. The summed E-state index contributed by atoms with van der Waals surface area (Å²) in [6, 6.07) is 15.5. The highest BCUT2D eigenvalue weighted by atomic mass is 16.5. The lowest BCUT2D eigenvalue weighted by atomic mass is 10.2. The normalized spacial score (nSPS) is 16.1. The first-order valence-corrected chi connectivity index (χ1v) is 9.81. The Kier molecular flexibility index (Phi) is 5.62. The summed E-state index contributed by atoms with van der Waals surface area (Å²) in [4.78, 5) is 11.0. The van der Waals surface area contributed by atoms with Gasteiger partial charge in [0.25, 0.3) is 0 Å². The maximum Gasteiger partial charge on any atom is 0.219 e. The second kappa shape index (κ2) is 8.49. The molecule has 0 bridgehead atoms. The van der Waals surface area contributed by atoms with Crippen LogP contribution in [0.4, 0.5) is 5.69 Å². The molecule has 3 aromatic rings. The number of pyridine rings is 2. The number of hydrogen-bond acceptors (Lipinski definition) is 6. The largest absolute Gasteiger partial charge is 0.472 e. The van der Waals surface area contributed by atoms with Gasteiger partial charge in [0.2, 0.25) is 11.8 Å². The third-order valence-electron chi connectivity index (χ3n) is 5.04. The molecule has 1 fully saturated rings. The zero-order chi connectivity index (χ0) is 20.2. The summed E-state index contributed by atoms with van der Waals surface area (Å²) < 4.78 is 11.9. The van der Waals surface area contributed by atoms with Crippen LogP contribution < -0.4 is 14.4 Å². The van der Waals surface area contributed by atoms with Gasteiger partial charge in [0.1, 0.15) is 11.9 Å². The topological polar surface area (TPSA) is 67.7 Å². The Morgan fingerprint density at radius 1 is 1.07 bits per heavy atom. The van der Waals surface area contributed by atoms with Gasteiger partial charge in [-0.3, -0.25) is 0 Å². The molecule has 6 heteroatoms. The predicted octanol–water partition coefficient (Wildman–Crippen LogP) is 4.04. The molecule has 1 saturated heterocycles. The molecule has 1 aromatic carbocycles. The molecule has 4 rings (SSSR count). The fraction of sp³-hybridized carbons (Fsp3) is 0.304. The summed E-state index contributed by atoms with van der Waals surface area (Å²) in [5.74, 6) is 1.88. The van der Waals surface area contributed by atoms with E-state index < -0.39 is 0 Å². The van der Waals surface area contributed by atoms with Crippen LogP contribution in [0.15, 0.2) is 54.7 Å². The summed E-state index contributed by atoms with van der Waals surface area (Å²) in [7, 11) is 0. The van der Waals surface area contributed by atoms with Gasteiger partial charge in [0.15, 0.2) is 0 Å². The molecule has 29 heavy (non-hydrogen) atoms. The fourth-order valence-electron chi connectivity index (χ4n) is 3.46. The highest BCUT2D eigenvalue weighted by molar-refractivity contribution is 5.53. The first-order chi connectivity index (χ1) is 14.1. The minimum Gasteiger partial charge on any atom is -0.472 e. The molecule has 3 heterocycles. The molecule has 0 aliphatic carbocycles. The van der Waals surface area contributed by atoms with Gasteiger partial charge in [-0.2, -0.15) is 0 Å². The van der Waals surface area contributed by atoms with Crippen molar-refractivity contribution in [1.82, 2.24) is 9.97 Å². The van der Waals surface area contributed by atoms with Gasteiger partial charge in [-0.05, 0) is 37.1 Å². The number of ether oxygens (including phenoxy) is 2. The Bertz CT molecular complexity index is 975. The number of aryl methyl sites for hydroxylation is 2. The van der Waals surface area contributed by atoms with E-state index >= 15 is 0 Å². The summed E-state index contributed by atoms with van der Waals surface area (Å²) >= 11 is 0. The molecular formula is C23H25N3O3. The smallest absolute Gasteiger partial charge is 0.219 e. The van der Waals surface area contributed by atoms with Crippen LogP contribution in [0.5, 0.6) is 17.5 Å². The average molecular weight is 391 g/mol. The molecule has 0 saturated carbocycles.